The number of aromatic nitrogens is 1. The highest BCUT2D eigenvalue weighted by Crippen LogP contribution is 2.11. The molecule has 58 valence electrons. The molecule has 0 bridgehead atoms. The second-order valence-electron chi connectivity index (χ2n) is 2.70. The van der Waals surface area contributed by atoms with Crippen LogP contribution >= 0.6 is 0 Å². The number of pyridine rings is 1. The molecule has 0 saturated heterocycles. The van der Waals surface area contributed by atoms with E-state index in [1.165, 1.54) is 0 Å². The Balaban J connectivity index is 2.67. The number of fused-ring (bicyclic) bond motifs is 1. The van der Waals surface area contributed by atoms with Crippen molar-refractivity contribution in [2.24, 2.45) is 0 Å². The molecule has 0 aliphatic rings. The van der Waals surface area contributed by atoms with Crippen molar-refractivity contribution in [3.05, 3.63) is 49.0 Å². The Kier molecular flexibility index (Phi) is 1.78. The summed E-state index contributed by atoms with van der Waals surface area (Å²) in [7, 11) is 0. The van der Waals surface area contributed by atoms with Crippen molar-refractivity contribution in [2.75, 3.05) is 0 Å². The maximum absolute atomic E-state index is 5.48. The van der Waals surface area contributed by atoms with Crippen LogP contribution < -0.4 is 0 Å². The molecule has 1 heteroatoms. The fourth-order valence-electron chi connectivity index (χ4n) is 1.22. The van der Waals surface area contributed by atoms with Gasteiger partial charge in [0.05, 0.1) is 5.52 Å². The fourth-order valence-corrected chi connectivity index (χ4v) is 1.22. The van der Waals surface area contributed by atoms with E-state index in [1.54, 1.807) is 0 Å². The zero-order valence-corrected chi connectivity index (χ0v) is 6.70. The fraction of sp³-hybridized carbons (Fsp3) is 0.0909. The van der Waals surface area contributed by atoms with Crippen molar-refractivity contribution in [1.29, 1.82) is 0 Å². The quantitative estimate of drug-likeness (QED) is 0.616. The van der Waals surface area contributed by atoms with Gasteiger partial charge in [0.1, 0.15) is 0 Å². The van der Waals surface area contributed by atoms with Crippen molar-refractivity contribution < 1.29 is 0 Å². The van der Waals surface area contributed by atoms with Crippen LogP contribution in [0.25, 0.3) is 10.9 Å². The van der Waals surface area contributed by atoms with Gasteiger partial charge in [0.15, 0.2) is 0 Å². The Labute approximate surface area is 72.1 Å². The van der Waals surface area contributed by atoms with E-state index in [0.717, 1.165) is 16.6 Å². The van der Waals surface area contributed by atoms with Gasteiger partial charge in [0.25, 0.3) is 0 Å². The summed E-state index contributed by atoms with van der Waals surface area (Å²) in [5.74, 6) is 0. The van der Waals surface area contributed by atoms with E-state index in [0.29, 0.717) is 6.42 Å². The lowest BCUT2D eigenvalue weighted by molar-refractivity contribution is 1.14. The summed E-state index contributed by atoms with van der Waals surface area (Å²) in [5.41, 5.74) is 1.95. The van der Waals surface area contributed by atoms with Crippen LogP contribution in [-0.4, -0.2) is 4.98 Å². The van der Waals surface area contributed by atoms with Crippen LogP contribution in [0.4, 0.5) is 0 Å². The molecule has 0 unspecified atom stereocenters. The first kappa shape index (κ1) is 7.29. The minimum atomic E-state index is 0.505. The summed E-state index contributed by atoms with van der Waals surface area (Å²) < 4.78 is 0. The van der Waals surface area contributed by atoms with Gasteiger partial charge in [-0.3, -0.25) is 4.98 Å². The van der Waals surface area contributed by atoms with Crippen LogP contribution in [-0.2, 0) is 6.42 Å². The van der Waals surface area contributed by atoms with E-state index in [-0.39, 0.29) is 0 Å². The van der Waals surface area contributed by atoms with Gasteiger partial charge in [-0.1, -0.05) is 24.3 Å². The molecule has 0 saturated carbocycles. The van der Waals surface area contributed by atoms with E-state index in [1.807, 2.05) is 36.4 Å². The number of hydrogen-bond acceptors (Lipinski definition) is 1. The SMILES string of the molecule is [CH]Cc1ccc2ccccc2n1. The minimum absolute atomic E-state index is 0.505. The van der Waals surface area contributed by atoms with Crippen LogP contribution in [0, 0.1) is 6.92 Å². The molecule has 2 rings (SSSR count). The highest BCUT2D eigenvalue weighted by atomic mass is 14.7. The average Bonchev–Trinajstić information content (AvgIpc) is 2.17. The number of benzene rings is 1. The molecular weight excluding hydrogens is 146 g/mol. The molecule has 0 atom stereocenters. The van der Waals surface area contributed by atoms with Crippen LogP contribution in [0.5, 0.6) is 0 Å². The lowest BCUT2D eigenvalue weighted by Crippen LogP contribution is -1.86. The van der Waals surface area contributed by atoms with Crippen LogP contribution in [0.2, 0.25) is 0 Å². The number of hydrogen-bond donors (Lipinski definition) is 0. The smallest absolute Gasteiger partial charge is 0.0705 e. The Bertz CT molecular complexity index is 393. The summed E-state index contributed by atoms with van der Waals surface area (Å²) in [6, 6.07) is 12.0. The predicted octanol–water partition coefficient (Wildman–Crippen LogP) is 2.49. The van der Waals surface area contributed by atoms with Gasteiger partial charge in [0, 0.05) is 11.1 Å². The van der Waals surface area contributed by atoms with Crippen molar-refractivity contribution in [3.63, 3.8) is 0 Å². The molecule has 12 heavy (non-hydrogen) atoms. The third kappa shape index (κ3) is 1.18. The van der Waals surface area contributed by atoms with E-state index >= 15 is 0 Å². The highest BCUT2D eigenvalue weighted by Gasteiger charge is 1.93. The largest absolute Gasteiger partial charge is 0.253 e. The molecule has 0 aliphatic heterocycles. The molecule has 0 aliphatic carbocycles. The first-order chi connectivity index (χ1) is 5.90. The summed E-state index contributed by atoms with van der Waals surface area (Å²) in [6.45, 7) is 5.48. The Morgan fingerprint density at radius 3 is 2.75 bits per heavy atom. The average molecular weight is 155 g/mol. The first-order valence-electron chi connectivity index (χ1n) is 3.95. The molecule has 1 aromatic carbocycles. The summed E-state index contributed by atoms with van der Waals surface area (Å²) >= 11 is 0. The molecule has 0 fully saturated rings. The summed E-state index contributed by atoms with van der Waals surface area (Å²) in [6.07, 6.45) is 0.505. The van der Waals surface area contributed by atoms with Gasteiger partial charge < -0.3 is 0 Å². The first-order valence-corrected chi connectivity index (χ1v) is 3.95. The summed E-state index contributed by atoms with van der Waals surface area (Å²) in [5, 5.41) is 1.16. The van der Waals surface area contributed by atoms with Gasteiger partial charge >= 0.3 is 0 Å². The summed E-state index contributed by atoms with van der Waals surface area (Å²) in [4.78, 5) is 4.37. The predicted molar refractivity (Wildman–Crippen MR) is 49.7 cm³/mol. The molecule has 0 spiro atoms. The molecule has 2 radical (unpaired) electrons. The van der Waals surface area contributed by atoms with E-state index in [2.05, 4.69) is 4.98 Å². The van der Waals surface area contributed by atoms with Crippen LogP contribution in [0.3, 0.4) is 0 Å². The van der Waals surface area contributed by atoms with E-state index < -0.39 is 0 Å². The van der Waals surface area contributed by atoms with Crippen molar-refractivity contribution in [1.82, 2.24) is 4.98 Å². The molecule has 0 N–H and O–H groups in total. The molecular formula is C11H9N. The molecule has 1 aromatic heterocycles. The highest BCUT2D eigenvalue weighted by molar-refractivity contribution is 5.78. The maximum atomic E-state index is 5.48. The Hall–Kier alpha value is -1.37. The number of rotatable bonds is 1. The normalized spacial score (nSPS) is 10.4. The van der Waals surface area contributed by atoms with Crippen molar-refractivity contribution >= 4 is 10.9 Å². The topological polar surface area (TPSA) is 12.9 Å². The molecule has 0 amide bonds. The zero-order valence-electron chi connectivity index (χ0n) is 6.70. The van der Waals surface area contributed by atoms with Gasteiger partial charge in [0.2, 0.25) is 0 Å². The third-order valence-corrected chi connectivity index (χ3v) is 1.87. The van der Waals surface area contributed by atoms with Crippen molar-refractivity contribution in [2.45, 2.75) is 6.42 Å². The second kappa shape index (κ2) is 2.94. The van der Waals surface area contributed by atoms with Crippen LogP contribution in [0.15, 0.2) is 36.4 Å². The minimum Gasteiger partial charge on any atom is -0.253 e. The number of nitrogens with zero attached hydrogens (tertiary/aromatic N) is 1. The lowest BCUT2D eigenvalue weighted by atomic mass is 10.2. The van der Waals surface area contributed by atoms with E-state index in [9.17, 15) is 0 Å². The number of para-hydroxylation sites is 1. The molecule has 1 heterocycles. The van der Waals surface area contributed by atoms with Crippen LogP contribution in [0.1, 0.15) is 5.69 Å². The van der Waals surface area contributed by atoms with Gasteiger partial charge in [-0.15, -0.1) is 0 Å². The van der Waals surface area contributed by atoms with Gasteiger partial charge in [-0.25, -0.2) is 0 Å². The second-order valence-corrected chi connectivity index (χ2v) is 2.70. The van der Waals surface area contributed by atoms with Gasteiger partial charge in [-0.05, 0) is 25.5 Å². The standard InChI is InChI=1S/C11H9N/c1-2-10-8-7-9-5-3-4-6-11(9)12-10/h1,3-8H,2H2. The Morgan fingerprint density at radius 2 is 1.92 bits per heavy atom. The van der Waals surface area contributed by atoms with E-state index in [4.69, 9.17) is 6.92 Å². The molecule has 2 aromatic rings. The Morgan fingerprint density at radius 1 is 1.08 bits per heavy atom. The maximum Gasteiger partial charge on any atom is 0.0705 e. The van der Waals surface area contributed by atoms with Crippen molar-refractivity contribution in [3.8, 4) is 0 Å². The lowest BCUT2D eigenvalue weighted by Gasteiger charge is -1.98. The molecule has 1 nitrogen and oxygen atoms in total. The zero-order chi connectivity index (χ0) is 8.39. The van der Waals surface area contributed by atoms with Gasteiger partial charge in [-0.2, -0.15) is 0 Å². The monoisotopic (exact) mass is 155 g/mol. The third-order valence-electron chi connectivity index (χ3n) is 1.87.